The van der Waals surface area contributed by atoms with Crippen molar-refractivity contribution in [3.05, 3.63) is 28.6 Å². The molecule has 0 saturated heterocycles. The molecular formula is C12H18N4O2S2. The van der Waals surface area contributed by atoms with Crippen LogP contribution in [-0.4, -0.2) is 18.2 Å². The van der Waals surface area contributed by atoms with Crippen LogP contribution in [0.5, 0.6) is 0 Å². The monoisotopic (exact) mass is 314 g/mol. The summed E-state index contributed by atoms with van der Waals surface area (Å²) in [4.78, 5) is 0.0352. The van der Waals surface area contributed by atoms with Gasteiger partial charge in [0.25, 0.3) is 0 Å². The molecule has 2 heterocycles. The lowest BCUT2D eigenvalue weighted by atomic mass is 10.2. The number of nitrogen functional groups attached to an aromatic ring is 1. The number of anilines is 1. The smallest absolute Gasteiger partial charge is 0.246 e. The van der Waals surface area contributed by atoms with Crippen LogP contribution in [0.4, 0.5) is 5.82 Å². The number of hydrogen-bond donors (Lipinski definition) is 2. The number of nitrogens with zero attached hydrogens (tertiary/aromatic N) is 2. The summed E-state index contributed by atoms with van der Waals surface area (Å²) in [6, 6.07) is 1.59. The maximum absolute atomic E-state index is 12.3. The predicted molar refractivity (Wildman–Crippen MR) is 80.0 cm³/mol. The van der Waals surface area contributed by atoms with Crippen molar-refractivity contribution in [1.82, 2.24) is 14.5 Å². The Labute approximate surface area is 122 Å². The molecule has 20 heavy (non-hydrogen) atoms. The summed E-state index contributed by atoms with van der Waals surface area (Å²) in [6.45, 7) is 4.43. The van der Waals surface area contributed by atoms with E-state index in [2.05, 4.69) is 9.82 Å². The first kappa shape index (κ1) is 15.0. The zero-order chi connectivity index (χ0) is 14.8. The summed E-state index contributed by atoms with van der Waals surface area (Å²) < 4.78 is 28.8. The molecular weight excluding hydrogens is 296 g/mol. The summed E-state index contributed by atoms with van der Waals surface area (Å²) >= 11 is 1.53. The minimum atomic E-state index is -3.67. The molecule has 2 aromatic heterocycles. The molecule has 0 aliphatic carbocycles. The molecule has 0 fully saturated rings. The number of nitrogens with one attached hydrogen (secondary N) is 1. The fourth-order valence-electron chi connectivity index (χ4n) is 1.85. The second kappa shape index (κ2) is 5.94. The van der Waals surface area contributed by atoms with Crippen LogP contribution in [0.15, 0.2) is 27.9 Å². The Hall–Kier alpha value is -1.38. The standard InChI is InChI=1S/C12H18N4O2S2/c1-3-5-16-7-11(12(13)14-16)20(17,18)15-9(2)10-4-6-19-8-10/h4,6-9,15H,3,5H2,1-2H3,(H2,13,14). The maximum Gasteiger partial charge on any atom is 0.246 e. The number of hydrogen-bond acceptors (Lipinski definition) is 5. The Balaban J connectivity index is 2.22. The van der Waals surface area contributed by atoms with Gasteiger partial charge in [-0.25, -0.2) is 13.1 Å². The predicted octanol–water partition coefficient (Wildman–Crippen LogP) is 1.98. The lowest BCUT2D eigenvalue weighted by Gasteiger charge is -2.12. The second-order valence-corrected chi connectivity index (χ2v) is 7.00. The summed E-state index contributed by atoms with van der Waals surface area (Å²) in [5, 5.41) is 7.84. The highest BCUT2D eigenvalue weighted by molar-refractivity contribution is 7.89. The van der Waals surface area contributed by atoms with Gasteiger partial charge in [0, 0.05) is 18.8 Å². The van der Waals surface area contributed by atoms with E-state index in [0.717, 1.165) is 12.0 Å². The summed E-state index contributed by atoms with van der Waals surface area (Å²) in [5.41, 5.74) is 6.63. The van der Waals surface area contributed by atoms with E-state index in [1.54, 1.807) is 11.6 Å². The fourth-order valence-corrected chi connectivity index (χ4v) is 3.91. The molecule has 3 N–H and O–H groups in total. The quantitative estimate of drug-likeness (QED) is 0.853. The van der Waals surface area contributed by atoms with Gasteiger partial charge in [-0.05, 0) is 35.7 Å². The number of aryl methyl sites for hydroxylation is 1. The SMILES string of the molecule is CCCn1cc(S(=O)(=O)NC(C)c2ccsc2)c(N)n1. The van der Waals surface area contributed by atoms with Crippen molar-refractivity contribution in [2.24, 2.45) is 0 Å². The van der Waals surface area contributed by atoms with E-state index in [4.69, 9.17) is 5.73 Å². The van der Waals surface area contributed by atoms with Crippen molar-refractivity contribution in [2.45, 2.75) is 37.8 Å². The van der Waals surface area contributed by atoms with Crippen LogP contribution in [0, 0.1) is 0 Å². The van der Waals surface area contributed by atoms with Gasteiger partial charge >= 0.3 is 0 Å². The lowest BCUT2D eigenvalue weighted by Crippen LogP contribution is -2.27. The Morgan fingerprint density at radius 1 is 1.55 bits per heavy atom. The van der Waals surface area contributed by atoms with Gasteiger partial charge in [-0.3, -0.25) is 4.68 Å². The van der Waals surface area contributed by atoms with Gasteiger partial charge in [0.15, 0.2) is 5.82 Å². The van der Waals surface area contributed by atoms with Crippen LogP contribution in [0.2, 0.25) is 0 Å². The third-order valence-corrected chi connectivity index (χ3v) is 5.13. The fraction of sp³-hybridized carbons (Fsp3) is 0.417. The molecule has 0 aliphatic heterocycles. The summed E-state index contributed by atoms with van der Waals surface area (Å²) in [5.74, 6) is 0.0310. The van der Waals surface area contributed by atoms with Crippen molar-refractivity contribution >= 4 is 27.2 Å². The second-order valence-electron chi connectivity index (χ2n) is 4.54. The molecule has 0 amide bonds. The molecule has 0 spiro atoms. The van der Waals surface area contributed by atoms with Crippen molar-refractivity contribution in [3.8, 4) is 0 Å². The molecule has 2 aromatic rings. The van der Waals surface area contributed by atoms with Gasteiger partial charge in [-0.1, -0.05) is 6.92 Å². The topological polar surface area (TPSA) is 90.0 Å². The third-order valence-electron chi connectivity index (χ3n) is 2.87. The van der Waals surface area contributed by atoms with Gasteiger partial charge in [0.1, 0.15) is 4.90 Å². The number of sulfonamides is 1. The van der Waals surface area contributed by atoms with Crippen molar-refractivity contribution < 1.29 is 8.42 Å². The van der Waals surface area contributed by atoms with Gasteiger partial charge in [-0.2, -0.15) is 16.4 Å². The molecule has 6 nitrogen and oxygen atoms in total. The number of thiophene rings is 1. The maximum atomic E-state index is 12.3. The van der Waals surface area contributed by atoms with Crippen LogP contribution in [0.3, 0.4) is 0 Å². The van der Waals surface area contributed by atoms with Crippen molar-refractivity contribution in [3.63, 3.8) is 0 Å². The van der Waals surface area contributed by atoms with Crippen LogP contribution in [-0.2, 0) is 16.6 Å². The van der Waals surface area contributed by atoms with Gasteiger partial charge in [0.2, 0.25) is 10.0 Å². The Kier molecular flexibility index (Phi) is 4.46. The Morgan fingerprint density at radius 3 is 2.90 bits per heavy atom. The summed E-state index contributed by atoms with van der Waals surface area (Å²) in [6.07, 6.45) is 2.33. The zero-order valence-corrected chi connectivity index (χ0v) is 13.0. The van der Waals surface area contributed by atoms with E-state index in [9.17, 15) is 8.42 Å². The van der Waals surface area contributed by atoms with Crippen LogP contribution in [0.1, 0.15) is 31.9 Å². The first-order valence-corrected chi connectivity index (χ1v) is 8.74. The molecule has 0 bridgehead atoms. The van der Waals surface area contributed by atoms with Crippen LogP contribution in [0.25, 0.3) is 0 Å². The molecule has 2 rings (SSSR count). The average Bonchev–Trinajstić information content (AvgIpc) is 2.98. The van der Waals surface area contributed by atoms with Crippen molar-refractivity contribution in [2.75, 3.05) is 5.73 Å². The molecule has 0 aromatic carbocycles. The first-order chi connectivity index (χ1) is 9.44. The normalized spacial score (nSPS) is 13.5. The van der Waals surface area contributed by atoms with Gasteiger partial charge in [0.05, 0.1) is 0 Å². The van der Waals surface area contributed by atoms with E-state index in [1.807, 2.05) is 23.8 Å². The van der Waals surface area contributed by atoms with E-state index < -0.39 is 10.0 Å². The third kappa shape index (κ3) is 3.20. The highest BCUT2D eigenvalue weighted by Crippen LogP contribution is 2.21. The minimum Gasteiger partial charge on any atom is -0.381 e. The number of rotatable bonds is 6. The lowest BCUT2D eigenvalue weighted by molar-refractivity contribution is 0.566. The minimum absolute atomic E-state index is 0.0310. The molecule has 8 heteroatoms. The first-order valence-electron chi connectivity index (χ1n) is 6.31. The highest BCUT2D eigenvalue weighted by atomic mass is 32.2. The molecule has 110 valence electrons. The molecule has 1 atom stereocenters. The van der Waals surface area contributed by atoms with Crippen molar-refractivity contribution in [1.29, 1.82) is 0 Å². The molecule has 0 aliphatic rings. The molecule has 0 saturated carbocycles. The largest absolute Gasteiger partial charge is 0.381 e. The highest BCUT2D eigenvalue weighted by Gasteiger charge is 2.23. The van der Waals surface area contributed by atoms with E-state index in [1.165, 1.54) is 17.5 Å². The van der Waals surface area contributed by atoms with E-state index in [0.29, 0.717) is 6.54 Å². The number of aromatic nitrogens is 2. The number of nitrogens with two attached hydrogens (primary N) is 1. The van der Waals surface area contributed by atoms with E-state index >= 15 is 0 Å². The van der Waals surface area contributed by atoms with Gasteiger partial charge in [-0.15, -0.1) is 0 Å². The van der Waals surface area contributed by atoms with E-state index in [-0.39, 0.29) is 16.8 Å². The molecule has 1 unspecified atom stereocenters. The summed E-state index contributed by atoms with van der Waals surface area (Å²) in [7, 11) is -3.67. The van der Waals surface area contributed by atoms with Crippen LogP contribution >= 0.6 is 11.3 Å². The molecule has 0 radical (unpaired) electrons. The zero-order valence-electron chi connectivity index (χ0n) is 11.4. The van der Waals surface area contributed by atoms with Gasteiger partial charge < -0.3 is 5.73 Å². The Morgan fingerprint density at radius 2 is 2.30 bits per heavy atom. The van der Waals surface area contributed by atoms with Crippen LogP contribution < -0.4 is 10.5 Å². The Bertz CT molecular complexity index is 662. The average molecular weight is 314 g/mol.